The molecule has 0 bridgehead atoms. The number of nitrogens with one attached hydrogen (secondary N) is 2. The van der Waals surface area contributed by atoms with Crippen molar-refractivity contribution in [1.82, 2.24) is 19.9 Å². The second-order valence-electron chi connectivity index (χ2n) is 9.93. The van der Waals surface area contributed by atoms with Crippen molar-refractivity contribution in [3.05, 3.63) is 90.2 Å². The van der Waals surface area contributed by atoms with E-state index in [1.54, 1.807) is 37.4 Å². The molecule has 2 aromatic carbocycles. The highest BCUT2D eigenvalue weighted by atomic mass is 19.1. The molecule has 1 aliphatic heterocycles. The fraction of sp³-hybridized carbons (Fsp3) is 0.290. The van der Waals surface area contributed by atoms with Crippen LogP contribution in [0.15, 0.2) is 73.2 Å². The largest absolute Gasteiger partial charge is 0.457 e. The molecular weight excluding hydrogens is 509 g/mol. The zero-order chi connectivity index (χ0) is 27.9. The second-order valence-corrected chi connectivity index (χ2v) is 9.93. The number of benzene rings is 2. The standard InChI is InChI=1S/C31H32FN5O3/c1-21(38)9-8-16-37-15-7-3-4-10-22(37)18-33-30-28-26(19-34-31(28)36-20-35-30)29(39)25-14-13-24(17-27(25)32)40-23-11-5-2-6-12-23/h2,5-6,8-9,11-14,17,19-20,22H,3-4,7,10,15-16,18H2,1H3,(H2,33,34,35,36)/b9-8+. The summed E-state index contributed by atoms with van der Waals surface area (Å²) in [6, 6.07) is 13.5. The number of anilines is 1. The minimum atomic E-state index is -0.674. The Labute approximate surface area is 232 Å². The molecule has 206 valence electrons. The summed E-state index contributed by atoms with van der Waals surface area (Å²) in [6.45, 7) is 3.80. The lowest BCUT2D eigenvalue weighted by Gasteiger charge is -2.29. The third-order valence-corrected chi connectivity index (χ3v) is 7.08. The SMILES string of the molecule is CC(=O)/C=C/CN1CCCCCC1CNc1ncnc2[nH]cc(C(=O)c3ccc(Oc4ccccc4)cc3F)c12. The van der Waals surface area contributed by atoms with Gasteiger partial charge in [-0.2, -0.15) is 0 Å². The van der Waals surface area contributed by atoms with Crippen LogP contribution in [-0.4, -0.2) is 57.1 Å². The summed E-state index contributed by atoms with van der Waals surface area (Å²) in [5, 5.41) is 3.95. The van der Waals surface area contributed by atoms with Crippen LogP contribution in [0, 0.1) is 5.82 Å². The number of para-hydroxylation sites is 1. The number of carbonyl (C=O) groups is 2. The Morgan fingerprint density at radius 2 is 1.95 bits per heavy atom. The number of ether oxygens (including phenoxy) is 1. The lowest BCUT2D eigenvalue weighted by molar-refractivity contribution is -0.112. The Balaban J connectivity index is 1.35. The van der Waals surface area contributed by atoms with Gasteiger partial charge < -0.3 is 15.0 Å². The number of rotatable bonds is 10. The first kappa shape index (κ1) is 27.2. The number of carbonyl (C=O) groups excluding carboxylic acids is 2. The van der Waals surface area contributed by atoms with Crippen LogP contribution in [0.25, 0.3) is 11.0 Å². The number of aromatic nitrogens is 3. The molecule has 2 aromatic heterocycles. The molecule has 3 heterocycles. The van der Waals surface area contributed by atoms with Gasteiger partial charge in [-0.15, -0.1) is 0 Å². The number of fused-ring (bicyclic) bond motifs is 1. The molecule has 1 fully saturated rings. The highest BCUT2D eigenvalue weighted by molar-refractivity contribution is 6.18. The van der Waals surface area contributed by atoms with Gasteiger partial charge >= 0.3 is 0 Å². The molecule has 0 spiro atoms. The average molecular weight is 542 g/mol. The van der Waals surface area contributed by atoms with E-state index < -0.39 is 11.6 Å². The van der Waals surface area contributed by atoms with E-state index in [0.717, 1.165) is 25.8 Å². The van der Waals surface area contributed by atoms with E-state index in [9.17, 15) is 9.59 Å². The summed E-state index contributed by atoms with van der Waals surface area (Å²) in [5.74, 6) is 0.281. The predicted molar refractivity (Wildman–Crippen MR) is 152 cm³/mol. The van der Waals surface area contributed by atoms with Crippen molar-refractivity contribution >= 4 is 28.4 Å². The minimum Gasteiger partial charge on any atom is -0.457 e. The van der Waals surface area contributed by atoms with E-state index in [0.29, 0.717) is 41.4 Å². The van der Waals surface area contributed by atoms with Crippen LogP contribution in [0.4, 0.5) is 10.2 Å². The normalized spacial score (nSPS) is 16.2. The number of ketones is 2. The van der Waals surface area contributed by atoms with Crippen molar-refractivity contribution in [1.29, 1.82) is 0 Å². The van der Waals surface area contributed by atoms with Crippen molar-refractivity contribution < 1.29 is 18.7 Å². The number of hydrogen-bond acceptors (Lipinski definition) is 7. The second kappa shape index (κ2) is 12.7. The van der Waals surface area contributed by atoms with Gasteiger partial charge in [0.25, 0.3) is 0 Å². The summed E-state index contributed by atoms with van der Waals surface area (Å²) in [7, 11) is 0. The summed E-state index contributed by atoms with van der Waals surface area (Å²) < 4.78 is 20.8. The van der Waals surface area contributed by atoms with Crippen LogP contribution in [0.1, 0.15) is 48.5 Å². The molecule has 1 aliphatic rings. The van der Waals surface area contributed by atoms with E-state index in [1.165, 1.54) is 24.9 Å². The first-order chi connectivity index (χ1) is 19.5. The van der Waals surface area contributed by atoms with Gasteiger partial charge in [-0.1, -0.05) is 37.1 Å². The Hall–Kier alpha value is -4.37. The van der Waals surface area contributed by atoms with Gasteiger partial charge in [-0.3, -0.25) is 14.5 Å². The fourth-order valence-corrected chi connectivity index (χ4v) is 5.07. The van der Waals surface area contributed by atoms with Crippen LogP contribution < -0.4 is 10.1 Å². The van der Waals surface area contributed by atoms with Crippen LogP contribution in [0.5, 0.6) is 11.5 Å². The minimum absolute atomic E-state index is 0.0346. The molecule has 1 unspecified atom stereocenters. The highest BCUT2D eigenvalue weighted by Crippen LogP contribution is 2.29. The molecule has 0 amide bonds. The van der Waals surface area contributed by atoms with Crippen molar-refractivity contribution in [2.45, 2.75) is 38.6 Å². The Kier molecular flexibility index (Phi) is 8.61. The zero-order valence-electron chi connectivity index (χ0n) is 22.4. The molecule has 1 saturated heterocycles. The maximum Gasteiger partial charge on any atom is 0.198 e. The Bertz CT molecular complexity index is 1520. The molecule has 0 aliphatic carbocycles. The number of hydrogen-bond donors (Lipinski definition) is 2. The third kappa shape index (κ3) is 6.43. The number of allylic oxidation sites excluding steroid dienone is 1. The van der Waals surface area contributed by atoms with Gasteiger partial charge in [0.15, 0.2) is 11.6 Å². The lowest BCUT2D eigenvalue weighted by Crippen LogP contribution is -2.40. The quantitative estimate of drug-likeness (QED) is 0.190. The monoisotopic (exact) mass is 541 g/mol. The Morgan fingerprint density at radius 1 is 1.10 bits per heavy atom. The van der Waals surface area contributed by atoms with Crippen molar-refractivity contribution in [3.8, 4) is 11.5 Å². The molecule has 5 rings (SSSR count). The molecular formula is C31H32FN5O3. The van der Waals surface area contributed by atoms with Crippen molar-refractivity contribution in [2.75, 3.05) is 25.0 Å². The van der Waals surface area contributed by atoms with E-state index >= 15 is 4.39 Å². The number of aromatic amines is 1. The van der Waals surface area contributed by atoms with Crippen molar-refractivity contribution in [2.24, 2.45) is 0 Å². The molecule has 2 N–H and O–H groups in total. The fourth-order valence-electron chi connectivity index (χ4n) is 5.07. The summed E-state index contributed by atoms with van der Waals surface area (Å²) >= 11 is 0. The van der Waals surface area contributed by atoms with E-state index in [2.05, 4.69) is 25.2 Å². The smallest absolute Gasteiger partial charge is 0.198 e. The van der Waals surface area contributed by atoms with E-state index in [-0.39, 0.29) is 23.0 Å². The maximum atomic E-state index is 15.1. The van der Waals surface area contributed by atoms with Crippen molar-refractivity contribution in [3.63, 3.8) is 0 Å². The van der Waals surface area contributed by atoms with Gasteiger partial charge in [-0.25, -0.2) is 14.4 Å². The van der Waals surface area contributed by atoms with Gasteiger partial charge in [0.1, 0.15) is 35.1 Å². The highest BCUT2D eigenvalue weighted by Gasteiger charge is 2.24. The van der Waals surface area contributed by atoms with Gasteiger partial charge in [-0.05, 0) is 56.7 Å². The average Bonchev–Trinajstić information content (AvgIpc) is 3.26. The topological polar surface area (TPSA) is 100 Å². The molecule has 40 heavy (non-hydrogen) atoms. The van der Waals surface area contributed by atoms with Gasteiger partial charge in [0, 0.05) is 31.4 Å². The van der Waals surface area contributed by atoms with E-state index in [1.807, 2.05) is 24.3 Å². The van der Waals surface area contributed by atoms with Crippen LogP contribution >= 0.6 is 0 Å². The van der Waals surface area contributed by atoms with Crippen LogP contribution in [0.2, 0.25) is 0 Å². The molecule has 9 heteroatoms. The molecule has 1 atom stereocenters. The third-order valence-electron chi connectivity index (χ3n) is 7.08. The Morgan fingerprint density at radius 3 is 2.75 bits per heavy atom. The first-order valence-corrected chi connectivity index (χ1v) is 13.5. The molecule has 0 radical (unpaired) electrons. The number of nitrogens with zero attached hydrogens (tertiary/aromatic N) is 3. The lowest BCUT2D eigenvalue weighted by atomic mass is 10.0. The number of halogens is 1. The number of H-pyrrole nitrogens is 1. The summed E-state index contributed by atoms with van der Waals surface area (Å²) in [5.41, 5.74) is 0.714. The number of likely N-dealkylation sites (tertiary alicyclic amines) is 1. The molecule has 4 aromatic rings. The van der Waals surface area contributed by atoms with E-state index in [4.69, 9.17) is 4.74 Å². The maximum absolute atomic E-state index is 15.1. The van der Waals surface area contributed by atoms with Crippen LogP contribution in [0.3, 0.4) is 0 Å². The summed E-state index contributed by atoms with van der Waals surface area (Å²) in [4.78, 5) is 39.0. The molecule has 8 nitrogen and oxygen atoms in total. The zero-order valence-corrected chi connectivity index (χ0v) is 22.4. The predicted octanol–water partition coefficient (Wildman–Crippen LogP) is 5.92. The summed E-state index contributed by atoms with van der Waals surface area (Å²) in [6.07, 6.45) is 10.9. The molecule has 0 saturated carbocycles. The van der Waals surface area contributed by atoms with Crippen LogP contribution in [-0.2, 0) is 4.79 Å². The van der Waals surface area contributed by atoms with Gasteiger partial charge in [0.2, 0.25) is 0 Å². The van der Waals surface area contributed by atoms with Gasteiger partial charge in [0.05, 0.1) is 16.5 Å². The first-order valence-electron chi connectivity index (χ1n) is 13.5.